The monoisotopic (exact) mass is 251 g/mol. The van der Waals surface area contributed by atoms with Crippen LogP contribution in [-0.2, 0) is 0 Å². The average Bonchev–Trinajstić information content (AvgIpc) is 2.40. The third kappa shape index (κ3) is 4.00. The lowest BCUT2D eigenvalue weighted by Gasteiger charge is -2.19. The summed E-state index contributed by atoms with van der Waals surface area (Å²) in [5.41, 5.74) is 1.35. The molecule has 0 bridgehead atoms. The second-order valence-electron chi connectivity index (χ2n) is 3.92. The zero-order valence-electron chi connectivity index (χ0n) is 11.0. The molecule has 1 rings (SSSR count). The Kier molecular flexibility index (Phi) is 6.14. The first-order valence-electron chi connectivity index (χ1n) is 6.33. The van der Waals surface area contributed by atoms with Crippen molar-refractivity contribution < 1.29 is 9.90 Å². The fourth-order valence-electron chi connectivity index (χ4n) is 1.66. The summed E-state index contributed by atoms with van der Waals surface area (Å²) >= 11 is 0. The van der Waals surface area contributed by atoms with Crippen LogP contribution in [0, 0.1) is 0 Å². The number of pyridine rings is 1. The summed E-state index contributed by atoms with van der Waals surface area (Å²) in [6.07, 6.45) is 2.26. The molecule has 18 heavy (non-hydrogen) atoms. The molecule has 0 unspecified atom stereocenters. The molecule has 5 nitrogen and oxygen atoms in total. The zero-order chi connectivity index (χ0) is 13.4. The molecule has 100 valence electrons. The van der Waals surface area contributed by atoms with Crippen LogP contribution in [-0.4, -0.2) is 47.1 Å². The van der Waals surface area contributed by atoms with E-state index in [1.807, 2.05) is 19.9 Å². The van der Waals surface area contributed by atoms with Crippen LogP contribution >= 0.6 is 0 Å². The standard InChI is InChI=1S/C13H21N3O2/c1-3-14-11-6-7-12(15-10-11)13(18)16(4-2)8-5-9-17/h6-7,10,14,17H,3-5,8-9H2,1-2H3. The summed E-state index contributed by atoms with van der Waals surface area (Å²) in [7, 11) is 0. The first kappa shape index (κ1) is 14.4. The number of carbonyl (C=O) groups excluding carboxylic acids is 1. The van der Waals surface area contributed by atoms with Crippen molar-refractivity contribution in [2.24, 2.45) is 0 Å². The number of anilines is 1. The van der Waals surface area contributed by atoms with E-state index in [9.17, 15) is 4.79 Å². The maximum Gasteiger partial charge on any atom is 0.272 e. The minimum atomic E-state index is -0.0889. The first-order chi connectivity index (χ1) is 8.72. The highest BCUT2D eigenvalue weighted by atomic mass is 16.3. The molecule has 0 fully saturated rings. The van der Waals surface area contributed by atoms with Crippen LogP contribution in [0.25, 0.3) is 0 Å². The topological polar surface area (TPSA) is 65.5 Å². The molecule has 0 radical (unpaired) electrons. The minimum absolute atomic E-state index is 0.0889. The van der Waals surface area contributed by atoms with Crippen molar-refractivity contribution >= 4 is 11.6 Å². The van der Waals surface area contributed by atoms with Crippen LogP contribution in [0.2, 0.25) is 0 Å². The number of nitrogens with one attached hydrogen (secondary N) is 1. The normalized spacial score (nSPS) is 10.2. The molecule has 1 amide bonds. The van der Waals surface area contributed by atoms with Crippen molar-refractivity contribution in [3.8, 4) is 0 Å². The van der Waals surface area contributed by atoms with E-state index < -0.39 is 0 Å². The Morgan fingerprint density at radius 2 is 2.22 bits per heavy atom. The zero-order valence-corrected chi connectivity index (χ0v) is 11.0. The van der Waals surface area contributed by atoms with Gasteiger partial charge in [-0.2, -0.15) is 0 Å². The highest BCUT2D eigenvalue weighted by Gasteiger charge is 2.14. The molecule has 0 spiro atoms. The van der Waals surface area contributed by atoms with Crippen molar-refractivity contribution in [3.63, 3.8) is 0 Å². The van der Waals surface area contributed by atoms with Crippen molar-refractivity contribution in [1.82, 2.24) is 9.88 Å². The van der Waals surface area contributed by atoms with E-state index in [0.29, 0.717) is 25.2 Å². The molecule has 0 aliphatic rings. The lowest BCUT2D eigenvalue weighted by atomic mass is 10.2. The molecule has 5 heteroatoms. The Morgan fingerprint density at radius 3 is 2.72 bits per heavy atom. The van der Waals surface area contributed by atoms with Crippen LogP contribution in [0.4, 0.5) is 5.69 Å². The van der Waals surface area contributed by atoms with Gasteiger partial charge in [0.1, 0.15) is 5.69 Å². The summed E-state index contributed by atoms with van der Waals surface area (Å²) < 4.78 is 0. The third-order valence-electron chi connectivity index (χ3n) is 2.62. The summed E-state index contributed by atoms with van der Waals surface area (Å²) in [6, 6.07) is 3.57. The number of hydrogen-bond acceptors (Lipinski definition) is 4. The molecular formula is C13H21N3O2. The molecule has 0 saturated carbocycles. The molecule has 0 saturated heterocycles. The second kappa shape index (κ2) is 7.66. The van der Waals surface area contributed by atoms with Gasteiger partial charge in [0.25, 0.3) is 5.91 Å². The number of aliphatic hydroxyl groups is 1. The highest BCUT2D eigenvalue weighted by molar-refractivity contribution is 5.92. The lowest BCUT2D eigenvalue weighted by Crippen LogP contribution is -2.32. The fraction of sp³-hybridized carbons (Fsp3) is 0.538. The van der Waals surface area contributed by atoms with Crippen LogP contribution in [0.15, 0.2) is 18.3 Å². The van der Waals surface area contributed by atoms with Gasteiger partial charge in [0, 0.05) is 26.2 Å². The van der Waals surface area contributed by atoms with Gasteiger partial charge < -0.3 is 15.3 Å². The lowest BCUT2D eigenvalue weighted by molar-refractivity contribution is 0.0748. The van der Waals surface area contributed by atoms with Gasteiger partial charge in [0.05, 0.1) is 11.9 Å². The number of rotatable bonds is 7. The molecule has 0 aromatic carbocycles. The van der Waals surface area contributed by atoms with Crippen molar-refractivity contribution in [2.75, 3.05) is 31.6 Å². The van der Waals surface area contributed by atoms with Crippen LogP contribution in [0.5, 0.6) is 0 Å². The Morgan fingerprint density at radius 1 is 1.44 bits per heavy atom. The third-order valence-corrected chi connectivity index (χ3v) is 2.62. The average molecular weight is 251 g/mol. The highest BCUT2D eigenvalue weighted by Crippen LogP contribution is 2.08. The number of carbonyl (C=O) groups is 1. The maximum absolute atomic E-state index is 12.1. The number of aromatic nitrogens is 1. The molecule has 0 atom stereocenters. The second-order valence-corrected chi connectivity index (χ2v) is 3.92. The van der Waals surface area contributed by atoms with E-state index in [4.69, 9.17) is 5.11 Å². The van der Waals surface area contributed by atoms with Gasteiger partial charge in [-0.3, -0.25) is 4.79 Å². The van der Waals surface area contributed by atoms with Gasteiger partial charge in [0.15, 0.2) is 0 Å². The van der Waals surface area contributed by atoms with Crippen molar-refractivity contribution in [2.45, 2.75) is 20.3 Å². The quantitative estimate of drug-likeness (QED) is 0.768. The van der Waals surface area contributed by atoms with E-state index >= 15 is 0 Å². The van der Waals surface area contributed by atoms with Crippen molar-refractivity contribution in [3.05, 3.63) is 24.0 Å². The number of nitrogens with zero attached hydrogens (tertiary/aromatic N) is 2. The van der Waals surface area contributed by atoms with Crippen LogP contribution in [0.3, 0.4) is 0 Å². The summed E-state index contributed by atoms with van der Waals surface area (Å²) in [4.78, 5) is 18.0. The Hall–Kier alpha value is -1.62. The van der Waals surface area contributed by atoms with E-state index in [-0.39, 0.29) is 12.5 Å². The van der Waals surface area contributed by atoms with Gasteiger partial charge in [-0.1, -0.05) is 0 Å². The molecule has 1 aromatic heterocycles. The maximum atomic E-state index is 12.1. The van der Waals surface area contributed by atoms with E-state index in [2.05, 4.69) is 10.3 Å². The molecule has 0 aliphatic heterocycles. The fourth-order valence-corrected chi connectivity index (χ4v) is 1.66. The van der Waals surface area contributed by atoms with Crippen LogP contribution in [0.1, 0.15) is 30.8 Å². The molecular weight excluding hydrogens is 230 g/mol. The van der Waals surface area contributed by atoms with Crippen molar-refractivity contribution in [1.29, 1.82) is 0 Å². The number of aliphatic hydroxyl groups excluding tert-OH is 1. The summed E-state index contributed by atoms with van der Waals surface area (Å²) in [5.74, 6) is -0.0889. The predicted octanol–water partition coefficient (Wildman–Crippen LogP) is 1.36. The molecule has 1 heterocycles. The predicted molar refractivity (Wildman–Crippen MR) is 71.7 cm³/mol. The van der Waals surface area contributed by atoms with Gasteiger partial charge in [-0.05, 0) is 32.4 Å². The Bertz CT molecular complexity index is 365. The first-order valence-corrected chi connectivity index (χ1v) is 6.33. The smallest absolute Gasteiger partial charge is 0.272 e. The van der Waals surface area contributed by atoms with Gasteiger partial charge in [0.2, 0.25) is 0 Å². The Labute approximate surface area is 108 Å². The van der Waals surface area contributed by atoms with Crippen LogP contribution < -0.4 is 5.32 Å². The summed E-state index contributed by atoms with van der Waals surface area (Å²) in [5, 5.41) is 11.9. The van der Waals surface area contributed by atoms with Gasteiger partial charge >= 0.3 is 0 Å². The molecule has 0 aliphatic carbocycles. The molecule has 1 aromatic rings. The van der Waals surface area contributed by atoms with Gasteiger partial charge in [-0.15, -0.1) is 0 Å². The Balaban J connectivity index is 2.69. The summed E-state index contributed by atoms with van der Waals surface area (Å²) in [6.45, 7) is 6.02. The van der Waals surface area contributed by atoms with E-state index in [1.165, 1.54) is 0 Å². The number of hydrogen-bond donors (Lipinski definition) is 2. The number of amides is 1. The van der Waals surface area contributed by atoms with E-state index in [0.717, 1.165) is 12.2 Å². The SMILES string of the molecule is CCNc1ccc(C(=O)N(CC)CCCO)nc1. The molecule has 2 N–H and O–H groups in total. The minimum Gasteiger partial charge on any atom is -0.396 e. The van der Waals surface area contributed by atoms with Gasteiger partial charge in [-0.25, -0.2) is 4.98 Å². The van der Waals surface area contributed by atoms with E-state index in [1.54, 1.807) is 17.2 Å². The largest absolute Gasteiger partial charge is 0.396 e.